The van der Waals surface area contributed by atoms with Gasteiger partial charge in [-0.25, -0.2) is 0 Å². The molecular weight excluding hydrogens is 238 g/mol. The number of aromatic nitrogens is 1. The van der Waals surface area contributed by atoms with Crippen molar-refractivity contribution in [2.45, 2.75) is 58.1 Å². The Bertz CT molecular complexity index is 464. The molecule has 1 aromatic rings. The zero-order valence-electron chi connectivity index (χ0n) is 12.3. The van der Waals surface area contributed by atoms with E-state index in [1.807, 2.05) is 22.9 Å². The lowest BCUT2D eigenvalue weighted by molar-refractivity contribution is 0.0276. The zero-order valence-corrected chi connectivity index (χ0v) is 12.3. The van der Waals surface area contributed by atoms with Crippen LogP contribution < -0.4 is 5.56 Å². The maximum Gasteiger partial charge on any atom is 0.254 e. The third-order valence-corrected chi connectivity index (χ3v) is 4.01. The van der Waals surface area contributed by atoms with Crippen LogP contribution in [-0.2, 0) is 11.2 Å². The van der Waals surface area contributed by atoms with E-state index >= 15 is 0 Å². The predicted molar refractivity (Wildman–Crippen MR) is 77.5 cm³/mol. The van der Waals surface area contributed by atoms with Crippen LogP contribution in [-0.4, -0.2) is 17.8 Å². The van der Waals surface area contributed by atoms with Gasteiger partial charge >= 0.3 is 0 Å². The van der Waals surface area contributed by atoms with E-state index in [4.69, 9.17) is 4.74 Å². The van der Waals surface area contributed by atoms with Crippen molar-refractivity contribution in [1.82, 2.24) is 4.57 Å². The summed E-state index contributed by atoms with van der Waals surface area (Å²) in [6.07, 6.45) is 7.45. The van der Waals surface area contributed by atoms with Crippen LogP contribution in [0.15, 0.2) is 23.1 Å². The molecule has 1 fully saturated rings. The molecule has 0 spiro atoms. The fraction of sp³-hybridized carbons (Fsp3) is 0.688. The van der Waals surface area contributed by atoms with Crippen LogP contribution in [0.25, 0.3) is 0 Å². The smallest absolute Gasteiger partial charge is 0.254 e. The highest BCUT2D eigenvalue weighted by Crippen LogP contribution is 2.29. The van der Waals surface area contributed by atoms with E-state index in [0.717, 1.165) is 24.8 Å². The van der Waals surface area contributed by atoms with Crippen molar-refractivity contribution >= 4 is 0 Å². The molecule has 1 aliphatic rings. The number of ether oxygens (including phenoxy) is 1. The summed E-state index contributed by atoms with van der Waals surface area (Å²) in [5.41, 5.74) is 1.10. The van der Waals surface area contributed by atoms with Gasteiger partial charge in [0.1, 0.15) is 0 Å². The van der Waals surface area contributed by atoms with E-state index in [9.17, 15) is 4.79 Å². The molecule has 0 aliphatic heterocycles. The van der Waals surface area contributed by atoms with Gasteiger partial charge < -0.3 is 9.30 Å². The normalized spacial score (nSPS) is 23.8. The SMILES string of the molecule is CO[C@H]1CCCC[C@H]1n1cccc(CC(C)C)c1=O. The van der Waals surface area contributed by atoms with Gasteiger partial charge in [0.25, 0.3) is 5.56 Å². The number of rotatable bonds is 4. The Balaban J connectivity index is 2.31. The summed E-state index contributed by atoms with van der Waals surface area (Å²) >= 11 is 0. The Labute approximate surface area is 115 Å². The predicted octanol–water partition coefficient (Wildman–Crippen LogP) is 3.18. The van der Waals surface area contributed by atoms with Crippen LogP contribution in [0.2, 0.25) is 0 Å². The number of hydrogen-bond donors (Lipinski definition) is 0. The van der Waals surface area contributed by atoms with Gasteiger partial charge in [-0.05, 0) is 31.2 Å². The first-order valence-electron chi connectivity index (χ1n) is 7.36. The molecule has 0 N–H and O–H groups in total. The molecule has 0 saturated heterocycles. The summed E-state index contributed by atoms with van der Waals surface area (Å²) < 4.78 is 7.48. The Hall–Kier alpha value is -1.09. The van der Waals surface area contributed by atoms with E-state index in [2.05, 4.69) is 13.8 Å². The van der Waals surface area contributed by atoms with Crippen molar-refractivity contribution in [2.75, 3.05) is 7.11 Å². The summed E-state index contributed by atoms with van der Waals surface area (Å²) in [6.45, 7) is 4.30. The minimum Gasteiger partial charge on any atom is -0.379 e. The number of pyridine rings is 1. The number of hydrogen-bond acceptors (Lipinski definition) is 2. The summed E-state index contributed by atoms with van der Waals surface area (Å²) in [4.78, 5) is 12.6. The van der Waals surface area contributed by atoms with Crippen molar-refractivity contribution in [3.8, 4) is 0 Å². The first-order valence-corrected chi connectivity index (χ1v) is 7.36. The van der Waals surface area contributed by atoms with E-state index in [1.165, 1.54) is 12.8 Å². The molecule has 0 unspecified atom stereocenters. The monoisotopic (exact) mass is 263 g/mol. The van der Waals surface area contributed by atoms with Crippen molar-refractivity contribution in [3.05, 3.63) is 34.2 Å². The second-order valence-electron chi connectivity index (χ2n) is 5.97. The standard InChI is InChI=1S/C16H25NO2/c1-12(2)11-13-7-6-10-17(16(13)18)14-8-4-5-9-15(14)19-3/h6-7,10,12,14-15H,4-5,8-9,11H2,1-3H3/t14-,15+/m1/s1. The molecule has 0 aromatic carbocycles. The van der Waals surface area contributed by atoms with Gasteiger partial charge in [0.05, 0.1) is 12.1 Å². The van der Waals surface area contributed by atoms with E-state index in [-0.39, 0.29) is 17.7 Å². The minimum atomic E-state index is 0.171. The molecule has 2 rings (SSSR count). The zero-order chi connectivity index (χ0) is 13.8. The fourth-order valence-electron chi connectivity index (χ4n) is 3.08. The fourth-order valence-corrected chi connectivity index (χ4v) is 3.08. The maximum absolute atomic E-state index is 12.6. The Morgan fingerprint density at radius 3 is 2.79 bits per heavy atom. The van der Waals surface area contributed by atoms with Gasteiger partial charge in [0.2, 0.25) is 0 Å². The van der Waals surface area contributed by atoms with Crippen molar-refractivity contribution in [2.24, 2.45) is 5.92 Å². The molecule has 2 atom stereocenters. The first kappa shape index (κ1) is 14.3. The van der Waals surface area contributed by atoms with Crippen LogP contribution >= 0.6 is 0 Å². The van der Waals surface area contributed by atoms with Crippen LogP contribution in [0.3, 0.4) is 0 Å². The quantitative estimate of drug-likeness (QED) is 0.835. The van der Waals surface area contributed by atoms with E-state index in [1.54, 1.807) is 7.11 Å². The van der Waals surface area contributed by atoms with Gasteiger partial charge in [-0.2, -0.15) is 0 Å². The largest absolute Gasteiger partial charge is 0.379 e. The molecule has 0 amide bonds. The molecular formula is C16H25NO2. The van der Waals surface area contributed by atoms with Crippen LogP contribution in [0, 0.1) is 5.92 Å². The molecule has 3 heteroatoms. The number of nitrogens with zero attached hydrogens (tertiary/aromatic N) is 1. The molecule has 3 nitrogen and oxygen atoms in total. The van der Waals surface area contributed by atoms with Crippen LogP contribution in [0.4, 0.5) is 0 Å². The lowest BCUT2D eigenvalue weighted by Crippen LogP contribution is -2.36. The number of methoxy groups -OCH3 is 1. The summed E-state index contributed by atoms with van der Waals surface area (Å²) in [5, 5.41) is 0. The highest BCUT2D eigenvalue weighted by molar-refractivity contribution is 5.12. The molecule has 1 heterocycles. The lowest BCUT2D eigenvalue weighted by Gasteiger charge is -2.32. The third kappa shape index (κ3) is 3.27. The van der Waals surface area contributed by atoms with Gasteiger partial charge in [-0.15, -0.1) is 0 Å². The highest BCUT2D eigenvalue weighted by Gasteiger charge is 2.27. The molecule has 1 aromatic heterocycles. The molecule has 106 valence electrons. The van der Waals surface area contributed by atoms with Crippen molar-refractivity contribution in [1.29, 1.82) is 0 Å². The van der Waals surface area contributed by atoms with Gasteiger partial charge in [-0.3, -0.25) is 4.79 Å². The Morgan fingerprint density at radius 2 is 2.11 bits per heavy atom. The van der Waals surface area contributed by atoms with Crippen LogP contribution in [0.1, 0.15) is 51.1 Å². The molecule has 1 aliphatic carbocycles. The Morgan fingerprint density at radius 1 is 1.37 bits per heavy atom. The van der Waals surface area contributed by atoms with Gasteiger partial charge in [0, 0.05) is 18.9 Å². The summed E-state index contributed by atoms with van der Waals surface area (Å²) in [7, 11) is 1.76. The second-order valence-corrected chi connectivity index (χ2v) is 5.97. The maximum atomic E-state index is 12.6. The molecule has 19 heavy (non-hydrogen) atoms. The van der Waals surface area contributed by atoms with Gasteiger partial charge in [0.15, 0.2) is 0 Å². The average Bonchev–Trinajstić information content (AvgIpc) is 2.41. The highest BCUT2D eigenvalue weighted by atomic mass is 16.5. The average molecular weight is 263 g/mol. The van der Waals surface area contributed by atoms with Crippen molar-refractivity contribution < 1.29 is 4.74 Å². The van der Waals surface area contributed by atoms with Gasteiger partial charge in [-0.1, -0.05) is 32.8 Å². The molecule has 0 bridgehead atoms. The summed E-state index contributed by atoms with van der Waals surface area (Å²) in [6, 6.07) is 4.17. The molecule has 0 radical (unpaired) electrons. The van der Waals surface area contributed by atoms with Crippen molar-refractivity contribution in [3.63, 3.8) is 0 Å². The lowest BCUT2D eigenvalue weighted by atomic mass is 9.92. The first-order chi connectivity index (χ1) is 9.13. The molecule has 1 saturated carbocycles. The van der Waals surface area contributed by atoms with E-state index in [0.29, 0.717) is 5.92 Å². The summed E-state index contributed by atoms with van der Waals surface area (Å²) in [5.74, 6) is 0.508. The Kier molecular flexibility index (Phi) is 4.81. The minimum absolute atomic E-state index is 0.171. The van der Waals surface area contributed by atoms with E-state index < -0.39 is 0 Å². The topological polar surface area (TPSA) is 31.2 Å². The third-order valence-electron chi connectivity index (χ3n) is 4.01. The van der Waals surface area contributed by atoms with Crippen LogP contribution in [0.5, 0.6) is 0 Å². The second kappa shape index (κ2) is 6.38.